The van der Waals surface area contributed by atoms with Crippen LogP contribution in [-0.4, -0.2) is 20.4 Å². The average Bonchev–Trinajstić information content (AvgIpc) is 2.74. The largest absolute Gasteiger partial charge is 0.351 e. The highest BCUT2D eigenvalue weighted by atomic mass is 35.5. The minimum atomic E-state index is -4.15. The maximum atomic E-state index is 13.0. The number of nitrogens with one attached hydrogen (secondary N) is 2. The van der Waals surface area contributed by atoms with Crippen LogP contribution in [-0.2, 0) is 27.8 Å². The van der Waals surface area contributed by atoms with E-state index in [9.17, 15) is 13.2 Å². The van der Waals surface area contributed by atoms with Gasteiger partial charge in [-0.1, -0.05) is 82.8 Å². The molecule has 0 radical (unpaired) electrons. The van der Waals surface area contributed by atoms with Gasteiger partial charge >= 0.3 is 0 Å². The number of halogens is 4. The van der Waals surface area contributed by atoms with Gasteiger partial charge in [0.15, 0.2) is 0 Å². The summed E-state index contributed by atoms with van der Waals surface area (Å²) in [5.41, 5.74) is 1.42. The first-order valence-electron chi connectivity index (χ1n) is 9.38. The smallest absolute Gasteiger partial charge is 0.242 e. The van der Waals surface area contributed by atoms with Crippen LogP contribution in [0.5, 0.6) is 0 Å². The standard InChI is InChI=1S/C22H18Cl4N2O3S/c23-16-7-6-15(19(26)11-16)13-27-22(29)20(10-14-4-2-1-3-5-14)28-32(30,31)21-12-17(24)8-9-18(21)25/h1-9,11-12,20,28H,10,13H2,(H,27,29)/t20-/m1/s1. The molecule has 1 amide bonds. The van der Waals surface area contributed by atoms with Crippen molar-refractivity contribution in [3.05, 3.63) is 97.9 Å². The van der Waals surface area contributed by atoms with Crippen LogP contribution in [0, 0.1) is 0 Å². The van der Waals surface area contributed by atoms with Crippen LogP contribution in [0.25, 0.3) is 0 Å². The van der Waals surface area contributed by atoms with E-state index in [1.54, 1.807) is 42.5 Å². The predicted octanol–water partition coefficient (Wildman–Crippen LogP) is 5.51. The maximum Gasteiger partial charge on any atom is 0.242 e. The first-order chi connectivity index (χ1) is 15.2. The van der Waals surface area contributed by atoms with Crippen LogP contribution in [0.15, 0.2) is 71.6 Å². The Balaban J connectivity index is 1.84. The quantitative estimate of drug-likeness (QED) is 0.402. The fourth-order valence-electron chi connectivity index (χ4n) is 2.94. The summed E-state index contributed by atoms with van der Waals surface area (Å²) in [5.74, 6) is -0.526. The third-order valence-electron chi connectivity index (χ3n) is 4.55. The number of sulfonamides is 1. The third kappa shape index (κ3) is 6.61. The number of amides is 1. The second-order valence-corrected chi connectivity index (χ2v) is 10.3. The number of hydrogen-bond acceptors (Lipinski definition) is 3. The highest BCUT2D eigenvalue weighted by Crippen LogP contribution is 2.25. The van der Waals surface area contributed by atoms with Crippen LogP contribution in [0.4, 0.5) is 0 Å². The lowest BCUT2D eigenvalue weighted by molar-refractivity contribution is -0.122. The van der Waals surface area contributed by atoms with Crippen molar-refractivity contribution in [2.75, 3.05) is 0 Å². The minimum Gasteiger partial charge on any atom is -0.351 e. The molecule has 0 aliphatic heterocycles. The number of rotatable bonds is 8. The van der Waals surface area contributed by atoms with Crippen LogP contribution in [0.3, 0.4) is 0 Å². The molecule has 0 aliphatic rings. The van der Waals surface area contributed by atoms with Gasteiger partial charge in [0.2, 0.25) is 15.9 Å². The molecule has 0 bridgehead atoms. The molecule has 10 heteroatoms. The summed E-state index contributed by atoms with van der Waals surface area (Å²) in [5, 5.41) is 3.79. The molecule has 32 heavy (non-hydrogen) atoms. The van der Waals surface area contributed by atoms with E-state index in [1.807, 2.05) is 6.07 Å². The summed E-state index contributed by atoms with van der Waals surface area (Å²) in [6, 6.07) is 16.9. The molecule has 0 unspecified atom stereocenters. The number of carbonyl (C=O) groups is 1. The first kappa shape index (κ1) is 24.8. The molecule has 0 aliphatic carbocycles. The zero-order valence-corrected chi connectivity index (χ0v) is 20.3. The van der Waals surface area contributed by atoms with Gasteiger partial charge < -0.3 is 5.32 Å². The van der Waals surface area contributed by atoms with Gasteiger partial charge in [-0.3, -0.25) is 4.79 Å². The zero-order valence-electron chi connectivity index (χ0n) is 16.5. The van der Waals surface area contributed by atoms with E-state index in [0.717, 1.165) is 5.56 Å². The molecule has 0 saturated carbocycles. The first-order valence-corrected chi connectivity index (χ1v) is 12.4. The van der Waals surface area contributed by atoms with E-state index >= 15 is 0 Å². The Kier molecular flexibility index (Phi) is 8.44. The summed E-state index contributed by atoms with van der Waals surface area (Å²) < 4.78 is 28.5. The van der Waals surface area contributed by atoms with Gasteiger partial charge in [-0.15, -0.1) is 0 Å². The Labute approximate surface area is 206 Å². The molecule has 168 valence electrons. The third-order valence-corrected chi connectivity index (χ3v) is 7.32. The summed E-state index contributed by atoms with van der Waals surface area (Å²) >= 11 is 24.1. The predicted molar refractivity (Wildman–Crippen MR) is 129 cm³/mol. The summed E-state index contributed by atoms with van der Waals surface area (Å²) in [7, 11) is -4.15. The Bertz CT molecular complexity index is 1220. The van der Waals surface area contributed by atoms with E-state index in [0.29, 0.717) is 15.6 Å². The lowest BCUT2D eigenvalue weighted by atomic mass is 10.1. The normalized spacial score (nSPS) is 12.4. The molecule has 0 spiro atoms. The summed E-state index contributed by atoms with van der Waals surface area (Å²) in [4.78, 5) is 12.8. The summed E-state index contributed by atoms with van der Waals surface area (Å²) in [6.07, 6.45) is 0.123. The highest BCUT2D eigenvalue weighted by molar-refractivity contribution is 7.89. The lowest BCUT2D eigenvalue weighted by Crippen LogP contribution is -2.47. The van der Waals surface area contributed by atoms with Crippen LogP contribution < -0.4 is 10.0 Å². The molecular weight excluding hydrogens is 514 g/mol. The molecule has 3 aromatic rings. The van der Waals surface area contributed by atoms with E-state index in [-0.39, 0.29) is 27.9 Å². The SMILES string of the molecule is O=C(NCc1ccc(Cl)cc1Cl)[C@@H](Cc1ccccc1)NS(=O)(=O)c1cc(Cl)ccc1Cl. The Hall–Kier alpha value is -1.80. The Morgan fingerprint density at radius 1 is 0.844 bits per heavy atom. The zero-order chi connectivity index (χ0) is 23.3. The van der Waals surface area contributed by atoms with Crippen molar-refractivity contribution in [2.24, 2.45) is 0 Å². The molecule has 0 heterocycles. The molecule has 3 aromatic carbocycles. The Morgan fingerprint density at radius 2 is 1.50 bits per heavy atom. The second-order valence-electron chi connectivity index (χ2n) is 6.89. The van der Waals surface area contributed by atoms with Crippen molar-refractivity contribution >= 4 is 62.3 Å². The van der Waals surface area contributed by atoms with Gasteiger partial charge in [-0.25, -0.2) is 8.42 Å². The van der Waals surface area contributed by atoms with Gasteiger partial charge in [-0.05, 0) is 47.9 Å². The topological polar surface area (TPSA) is 75.3 Å². The Morgan fingerprint density at radius 3 is 2.19 bits per heavy atom. The monoisotopic (exact) mass is 530 g/mol. The van der Waals surface area contributed by atoms with Crippen molar-refractivity contribution < 1.29 is 13.2 Å². The van der Waals surface area contributed by atoms with Crippen LogP contribution >= 0.6 is 46.4 Å². The second kappa shape index (κ2) is 10.9. The molecule has 0 aromatic heterocycles. The van der Waals surface area contributed by atoms with Gasteiger partial charge in [0.1, 0.15) is 10.9 Å². The van der Waals surface area contributed by atoms with Crippen molar-refractivity contribution in [1.29, 1.82) is 0 Å². The fraction of sp³-hybridized carbons (Fsp3) is 0.136. The van der Waals surface area contributed by atoms with Crippen LogP contribution in [0.1, 0.15) is 11.1 Å². The van der Waals surface area contributed by atoms with Crippen molar-refractivity contribution in [3.63, 3.8) is 0 Å². The molecule has 0 saturated heterocycles. The lowest BCUT2D eigenvalue weighted by Gasteiger charge is -2.19. The van der Waals surface area contributed by atoms with Gasteiger partial charge in [0.05, 0.1) is 5.02 Å². The van der Waals surface area contributed by atoms with E-state index in [4.69, 9.17) is 46.4 Å². The van der Waals surface area contributed by atoms with Gasteiger partial charge in [0, 0.05) is 21.6 Å². The van der Waals surface area contributed by atoms with Gasteiger partial charge in [-0.2, -0.15) is 4.72 Å². The average molecular weight is 532 g/mol. The van der Waals surface area contributed by atoms with Gasteiger partial charge in [0.25, 0.3) is 0 Å². The number of hydrogen-bond donors (Lipinski definition) is 2. The molecule has 5 nitrogen and oxygen atoms in total. The maximum absolute atomic E-state index is 13.0. The van der Waals surface area contributed by atoms with Crippen molar-refractivity contribution in [2.45, 2.75) is 23.9 Å². The highest BCUT2D eigenvalue weighted by Gasteiger charge is 2.28. The molecule has 0 fully saturated rings. The van der Waals surface area contributed by atoms with Crippen LogP contribution in [0.2, 0.25) is 20.1 Å². The summed E-state index contributed by atoms with van der Waals surface area (Å²) in [6.45, 7) is 0.0970. The molecular formula is C22H18Cl4N2O3S. The van der Waals surface area contributed by atoms with E-state index in [2.05, 4.69) is 10.0 Å². The molecule has 3 rings (SSSR count). The van der Waals surface area contributed by atoms with E-state index < -0.39 is 22.0 Å². The van der Waals surface area contributed by atoms with Crippen molar-refractivity contribution in [1.82, 2.24) is 10.0 Å². The van der Waals surface area contributed by atoms with Crippen molar-refractivity contribution in [3.8, 4) is 0 Å². The fourth-order valence-corrected chi connectivity index (χ4v) is 5.38. The molecule has 2 N–H and O–H groups in total. The van der Waals surface area contributed by atoms with E-state index in [1.165, 1.54) is 18.2 Å². The molecule has 1 atom stereocenters. The number of benzene rings is 3. The number of carbonyl (C=O) groups excluding carboxylic acids is 1. The minimum absolute atomic E-state index is 0.00582.